The molecule has 2 rings (SSSR count). The quantitative estimate of drug-likeness (QED) is 0.350. The summed E-state index contributed by atoms with van der Waals surface area (Å²) < 4.78 is 11.0. The van der Waals surface area contributed by atoms with E-state index in [1.54, 1.807) is 60.6 Å². The van der Waals surface area contributed by atoms with Crippen LogP contribution in [-0.2, 0) is 30.3 Å². The van der Waals surface area contributed by atoms with Crippen LogP contribution < -0.4 is 10.6 Å². The maximum atomic E-state index is 14.2. The van der Waals surface area contributed by atoms with Gasteiger partial charge in [0.2, 0.25) is 11.8 Å². The number of ether oxygens (including phenoxy) is 2. The highest BCUT2D eigenvalue weighted by molar-refractivity contribution is 5.94. The highest BCUT2D eigenvalue weighted by Gasteiger charge is 2.37. The molecule has 42 heavy (non-hydrogen) atoms. The van der Waals surface area contributed by atoms with Crippen molar-refractivity contribution in [3.8, 4) is 0 Å². The molecule has 0 aromatic heterocycles. The average molecular weight is 582 g/mol. The minimum Gasteiger partial charge on any atom is -0.458 e. The number of nitrogens with one attached hydrogen (secondary N) is 2. The molecule has 9 nitrogen and oxygen atoms in total. The van der Waals surface area contributed by atoms with Gasteiger partial charge in [0.25, 0.3) is 0 Å². The first kappa shape index (κ1) is 34.3. The zero-order valence-electron chi connectivity index (χ0n) is 26.4. The fourth-order valence-corrected chi connectivity index (χ4v) is 4.41. The Morgan fingerprint density at radius 3 is 1.95 bits per heavy atom. The lowest BCUT2D eigenvalue weighted by Crippen LogP contribution is -2.54. The molecule has 0 spiro atoms. The van der Waals surface area contributed by atoms with Crippen molar-refractivity contribution >= 4 is 23.9 Å². The number of amides is 3. The Bertz CT molecular complexity index is 1220. The van der Waals surface area contributed by atoms with Crippen molar-refractivity contribution in [2.75, 3.05) is 6.54 Å². The first-order chi connectivity index (χ1) is 19.5. The first-order valence-electron chi connectivity index (χ1n) is 14.4. The summed E-state index contributed by atoms with van der Waals surface area (Å²) in [6.07, 6.45) is 0.0324. The third-order valence-electron chi connectivity index (χ3n) is 6.18. The Morgan fingerprint density at radius 1 is 0.833 bits per heavy atom. The molecule has 0 bridgehead atoms. The van der Waals surface area contributed by atoms with Gasteiger partial charge < -0.3 is 25.0 Å². The molecule has 0 fully saturated rings. The predicted octanol–water partition coefficient (Wildman–Crippen LogP) is 5.26. The highest BCUT2D eigenvalue weighted by Crippen LogP contribution is 2.26. The number of nitrogens with zero attached hydrogens (tertiary/aromatic N) is 1. The molecule has 2 aromatic carbocycles. The summed E-state index contributed by atoms with van der Waals surface area (Å²) >= 11 is 0. The largest absolute Gasteiger partial charge is 0.458 e. The van der Waals surface area contributed by atoms with Crippen molar-refractivity contribution < 1.29 is 28.7 Å². The molecule has 3 amide bonds. The fourth-order valence-electron chi connectivity index (χ4n) is 4.41. The van der Waals surface area contributed by atoms with Gasteiger partial charge >= 0.3 is 12.1 Å². The van der Waals surface area contributed by atoms with Crippen LogP contribution >= 0.6 is 0 Å². The van der Waals surface area contributed by atoms with E-state index in [1.807, 2.05) is 56.3 Å². The van der Waals surface area contributed by atoms with E-state index in [4.69, 9.17) is 9.47 Å². The number of alkyl carbamates (subject to hydrolysis) is 1. The van der Waals surface area contributed by atoms with Gasteiger partial charge in [-0.1, -0.05) is 61.5 Å². The van der Waals surface area contributed by atoms with E-state index in [-0.39, 0.29) is 13.0 Å². The molecule has 0 saturated heterocycles. The lowest BCUT2D eigenvalue weighted by atomic mass is 9.97. The molecule has 0 aliphatic rings. The molecule has 0 aliphatic heterocycles. The molecule has 0 aliphatic carbocycles. The maximum Gasteiger partial charge on any atom is 0.408 e. The summed E-state index contributed by atoms with van der Waals surface area (Å²) in [7, 11) is 0. The smallest absolute Gasteiger partial charge is 0.408 e. The van der Waals surface area contributed by atoms with Crippen LogP contribution in [0.15, 0.2) is 54.6 Å². The number of benzene rings is 2. The molecule has 3 unspecified atom stereocenters. The molecular weight excluding hydrogens is 534 g/mol. The lowest BCUT2D eigenvalue weighted by molar-refractivity contribution is -0.159. The second-order valence-electron chi connectivity index (χ2n) is 12.4. The van der Waals surface area contributed by atoms with Crippen LogP contribution in [0.4, 0.5) is 4.79 Å². The summed E-state index contributed by atoms with van der Waals surface area (Å²) in [5.74, 6) is -1.55. The third-order valence-corrected chi connectivity index (χ3v) is 6.18. The highest BCUT2D eigenvalue weighted by atomic mass is 16.6. The molecule has 2 aromatic rings. The van der Waals surface area contributed by atoms with Crippen LogP contribution in [0.25, 0.3) is 0 Å². The summed E-state index contributed by atoms with van der Waals surface area (Å²) in [4.78, 5) is 55.3. The van der Waals surface area contributed by atoms with Crippen LogP contribution in [-0.4, -0.2) is 58.6 Å². The van der Waals surface area contributed by atoms with Crippen LogP contribution in [0.3, 0.4) is 0 Å². The summed E-state index contributed by atoms with van der Waals surface area (Å²) in [5, 5.41) is 5.49. The molecular formula is C33H47N3O6. The van der Waals surface area contributed by atoms with Crippen molar-refractivity contribution in [2.45, 2.75) is 104 Å². The first-order valence-corrected chi connectivity index (χ1v) is 14.4. The monoisotopic (exact) mass is 581 g/mol. The van der Waals surface area contributed by atoms with Gasteiger partial charge in [0.15, 0.2) is 0 Å². The van der Waals surface area contributed by atoms with Crippen LogP contribution in [0, 0.1) is 6.92 Å². The number of rotatable bonds is 11. The second kappa shape index (κ2) is 14.8. The van der Waals surface area contributed by atoms with Gasteiger partial charge in [-0.3, -0.25) is 9.59 Å². The number of esters is 1. The van der Waals surface area contributed by atoms with E-state index in [2.05, 4.69) is 10.6 Å². The average Bonchev–Trinajstić information content (AvgIpc) is 2.87. The normalized spacial score (nSPS) is 13.7. The van der Waals surface area contributed by atoms with E-state index in [1.165, 1.54) is 4.90 Å². The predicted molar refractivity (Wildman–Crippen MR) is 163 cm³/mol. The van der Waals surface area contributed by atoms with E-state index in [0.717, 1.165) is 11.1 Å². The van der Waals surface area contributed by atoms with Gasteiger partial charge in [-0.2, -0.15) is 0 Å². The Morgan fingerprint density at radius 2 is 1.40 bits per heavy atom. The molecule has 2 N–H and O–H groups in total. The Balaban J connectivity index is 2.49. The zero-order valence-corrected chi connectivity index (χ0v) is 26.4. The van der Waals surface area contributed by atoms with Crippen LogP contribution in [0.5, 0.6) is 0 Å². The number of aryl methyl sites for hydroxylation is 1. The summed E-state index contributed by atoms with van der Waals surface area (Å²) in [6.45, 7) is 16.1. The van der Waals surface area contributed by atoms with Gasteiger partial charge in [0.1, 0.15) is 29.3 Å². The molecule has 9 heteroatoms. The topological polar surface area (TPSA) is 114 Å². The Kier molecular flexibility index (Phi) is 12.1. The van der Waals surface area contributed by atoms with Crippen LogP contribution in [0.1, 0.15) is 84.5 Å². The number of carbonyl (C=O) groups excluding carboxylic acids is 4. The minimum atomic E-state index is -1.07. The van der Waals surface area contributed by atoms with Crippen molar-refractivity contribution in [1.29, 1.82) is 0 Å². The van der Waals surface area contributed by atoms with Gasteiger partial charge in [-0.15, -0.1) is 0 Å². The van der Waals surface area contributed by atoms with Crippen molar-refractivity contribution in [3.63, 3.8) is 0 Å². The Labute approximate surface area is 250 Å². The van der Waals surface area contributed by atoms with E-state index < -0.39 is 53.2 Å². The fraction of sp³-hybridized carbons (Fsp3) is 0.515. The third kappa shape index (κ3) is 10.8. The number of carbonyl (C=O) groups is 4. The minimum absolute atomic E-state index is 0.209. The van der Waals surface area contributed by atoms with Gasteiger partial charge in [0, 0.05) is 13.0 Å². The molecule has 230 valence electrons. The number of hydrogen-bond acceptors (Lipinski definition) is 6. The SMILES string of the molecule is CCCN(C(=O)C(C)NC(=O)OC(C)(C)C)C(C(=O)NC(Cc1ccccc1)C(=O)OC(C)(C)C)c1ccccc1C. The van der Waals surface area contributed by atoms with E-state index >= 15 is 0 Å². The Hall–Kier alpha value is -3.88. The maximum absolute atomic E-state index is 14.2. The molecule has 0 radical (unpaired) electrons. The molecule has 3 atom stereocenters. The summed E-state index contributed by atoms with van der Waals surface area (Å²) in [6, 6.07) is 13.6. The summed E-state index contributed by atoms with van der Waals surface area (Å²) in [5.41, 5.74) is 0.756. The standard InChI is InChI=1S/C33H47N3O6/c1-10-20-36(29(38)23(3)34-31(40)42-33(7,8)9)27(25-19-15-14-16-22(25)2)28(37)35-26(30(39)41-32(4,5)6)21-24-17-12-11-13-18-24/h11-19,23,26-27H,10,20-21H2,1-9H3,(H,34,40)(H,35,37). The molecule has 0 saturated carbocycles. The lowest BCUT2D eigenvalue weighted by Gasteiger charge is -2.35. The van der Waals surface area contributed by atoms with Crippen molar-refractivity contribution in [1.82, 2.24) is 15.5 Å². The van der Waals surface area contributed by atoms with Crippen molar-refractivity contribution in [3.05, 3.63) is 71.3 Å². The molecule has 0 heterocycles. The second-order valence-corrected chi connectivity index (χ2v) is 12.4. The van der Waals surface area contributed by atoms with Crippen LogP contribution in [0.2, 0.25) is 0 Å². The van der Waals surface area contributed by atoms with E-state index in [0.29, 0.717) is 12.0 Å². The van der Waals surface area contributed by atoms with Crippen molar-refractivity contribution in [2.24, 2.45) is 0 Å². The van der Waals surface area contributed by atoms with Gasteiger partial charge in [-0.25, -0.2) is 9.59 Å². The number of hydrogen-bond donors (Lipinski definition) is 2. The van der Waals surface area contributed by atoms with Gasteiger partial charge in [0.05, 0.1) is 0 Å². The zero-order chi connectivity index (χ0) is 31.7. The van der Waals surface area contributed by atoms with Gasteiger partial charge in [-0.05, 0) is 78.5 Å². The van der Waals surface area contributed by atoms with E-state index in [9.17, 15) is 19.2 Å².